The molecule has 21 heavy (non-hydrogen) atoms. The van der Waals surface area contributed by atoms with Crippen molar-refractivity contribution in [1.29, 1.82) is 0 Å². The lowest BCUT2D eigenvalue weighted by molar-refractivity contribution is 0.120. The second kappa shape index (κ2) is 9.21. The van der Waals surface area contributed by atoms with Gasteiger partial charge in [0.1, 0.15) is 12.4 Å². The van der Waals surface area contributed by atoms with E-state index in [0.29, 0.717) is 11.6 Å². The minimum atomic E-state index is 0. The monoisotopic (exact) mass is 396 g/mol. The lowest BCUT2D eigenvalue weighted by atomic mass is 10.2. The summed E-state index contributed by atoms with van der Waals surface area (Å²) in [6.45, 7) is 11.6. The van der Waals surface area contributed by atoms with Gasteiger partial charge in [0.05, 0.1) is 5.02 Å². The van der Waals surface area contributed by atoms with Crippen LogP contribution in [0, 0.1) is 6.92 Å². The molecule has 0 aliphatic carbocycles. The molecule has 0 atom stereocenters. The topological polar surface area (TPSA) is 15.7 Å². The smallest absolute Gasteiger partial charge is 0.140 e. The minimum Gasteiger partial charge on any atom is -0.490 e. The third-order valence-electron chi connectivity index (χ3n) is 3.76. The summed E-state index contributed by atoms with van der Waals surface area (Å²) in [5.41, 5.74) is 1.07. The molecule has 1 aromatic carbocycles. The molecule has 1 aromatic rings. The van der Waals surface area contributed by atoms with Crippen LogP contribution in [0.4, 0.5) is 0 Å². The Morgan fingerprint density at radius 3 is 2.38 bits per heavy atom. The van der Waals surface area contributed by atoms with Crippen molar-refractivity contribution in [3.63, 3.8) is 0 Å². The molecule has 1 saturated heterocycles. The van der Waals surface area contributed by atoms with Crippen molar-refractivity contribution in [3.8, 4) is 5.75 Å². The number of benzene rings is 1. The van der Waals surface area contributed by atoms with Crippen molar-refractivity contribution < 1.29 is 4.74 Å². The summed E-state index contributed by atoms with van der Waals surface area (Å²) in [5.74, 6) is 0.807. The molecule has 0 amide bonds. The third-order valence-corrected chi connectivity index (χ3v) is 4.50. The Hall–Kier alpha value is -0.000000000000000111. The molecule has 1 fully saturated rings. The molecular formula is C15H23BrCl2N2O. The average Bonchev–Trinajstić information content (AvgIpc) is 2.42. The molecule has 0 bridgehead atoms. The Kier molecular flexibility index (Phi) is 8.35. The van der Waals surface area contributed by atoms with Crippen LogP contribution in [0.15, 0.2) is 16.6 Å². The zero-order valence-electron chi connectivity index (χ0n) is 12.6. The third kappa shape index (κ3) is 5.61. The lowest BCUT2D eigenvalue weighted by Crippen LogP contribution is -2.47. The first-order valence-corrected chi connectivity index (χ1v) is 8.30. The van der Waals surface area contributed by atoms with Crippen molar-refractivity contribution >= 4 is 39.9 Å². The normalized spacial score (nSPS) is 16.6. The Bertz CT molecular complexity index is 428. The van der Waals surface area contributed by atoms with Gasteiger partial charge in [-0.3, -0.25) is 4.90 Å². The maximum absolute atomic E-state index is 6.22. The van der Waals surface area contributed by atoms with E-state index in [1.165, 1.54) is 0 Å². The molecule has 0 aromatic heterocycles. The van der Waals surface area contributed by atoms with Crippen LogP contribution in [0.2, 0.25) is 5.02 Å². The SMILES string of the molecule is CCN1CCN(CCOc2c(C)cc(Br)cc2Cl)CC1.Cl. The molecule has 0 spiro atoms. The molecular weight excluding hydrogens is 375 g/mol. The highest BCUT2D eigenvalue weighted by molar-refractivity contribution is 9.10. The summed E-state index contributed by atoms with van der Waals surface area (Å²) in [7, 11) is 0. The zero-order valence-corrected chi connectivity index (χ0v) is 15.7. The quantitative estimate of drug-likeness (QED) is 0.750. The van der Waals surface area contributed by atoms with E-state index in [9.17, 15) is 0 Å². The fourth-order valence-electron chi connectivity index (χ4n) is 2.48. The molecule has 120 valence electrons. The van der Waals surface area contributed by atoms with Gasteiger partial charge < -0.3 is 9.64 Å². The standard InChI is InChI=1S/C15H22BrClN2O.ClH/c1-3-18-4-6-19(7-5-18)8-9-20-15-12(2)10-13(16)11-14(15)17;/h10-11H,3-9H2,1-2H3;1H. The largest absolute Gasteiger partial charge is 0.490 e. The highest BCUT2D eigenvalue weighted by Gasteiger charge is 2.15. The van der Waals surface area contributed by atoms with Gasteiger partial charge in [0.2, 0.25) is 0 Å². The van der Waals surface area contributed by atoms with Crippen LogP contribution in [0.1, 0.15) is 12.5 Å². The zero-order chi connectivity index (χ0) is 14.5. The highest BCUT2D eigenvalue weighted by atomic mass is 79.9. The fraction of sp³-hybridized carbons (Fsp3) is 0.600. The van der Waals surface area contributed by atoms with Gasteiger partial charge in [-0.25, -0.2) is 0 Å². The van der Waals surface area contributed by atoms with E-state index in [4.69, 9.17) is 16.3 Å². The van der Waals surface area contributed by atoms with Crippen molar-refractivity contribution in [2.75, 3.05) is 45.9 Å². The first kappa shape index (κ1) is 19.0. The summed E-state index contributed by atoms with van der Waals surface area (Å²) < 4.78 is 6.86. The van der Waals surface area contributed by atoms with E-state index in [1.807, 2.05) is 19.1 Å². The van der Waals surface area contributed by atoms with Gasteiger partial charge in [0.25, 0.3) is 0 Å². The Morgan fingerprint density at radius 1 is 1.19 bits per heavy atom. The maximum atomic E-state index is 6.22. The number of ether oxygens (including phenoxy) is 1. The van der Waals surface area contributed by atoms with Crippen LogP contribution in [-0.2, 0) is 0 Å². The van der Waals surface area contributed by atoms with Crippen molar-refractivity contribution in [2.45, 2.75) is 13.8 Å². The molecule has 3 nitrogen and oxygen atoms in total. The Labute approximate surface area is 147 Å². The number of likely N-dealkylation sites (N-methyl/N-ethyl adjacent to an activating group) is 1. The fourth-order valence-corrected chi connectivity index (χ4v) is 3.50. The molecule has 6 heteroatoms. The van der Waals surface area contributed by atoms with Gasteiger partial charge in [0, 0.05) is 37.2 Å². The van der Waals surface area contributed by atoms with Crippen LogP contribution in [-0.4, -0.2) is 55.7 Å². The average molecular weight is 398 g/mol. The predicted molar refractivity (Wildman–Crippen MR) is 95.2 cm³/mol. The van der Waals surface area contributed by atoms with Crippen molar-refractivity contribution in [1.82, 2.24) is 9.80 Å². The molecule has 2 rings (SSSR count). The lowest BCUT2D eigenvalue weighted by Gasteiger charge is -2.33. The number of aryl methyl sites for hydroxylation is 1. The second-order valence-corrected chi connectivity index (χ2v) is 6.48. The maximum Gasteiger partial charge on any atom is 0.140 e. The van der Waals surface area contributed by atoms with E-state index in [0.717, 1.165) is 55.1 Å². The van der Waals surface area contributed by atoms with Gasteiger partial charge >= 0.3 is 0 Å². The molecule has 0 N–H and O–H groups in total. The molecule has 0 unspecified atom stereocenters. The predicted octanol–water partition coefficient (Wildman–Crippen LogP) is 3.85. The second-order valence-electron chi connectivity index (χ2n) is 5.16. The number of halogens is 3. The molecule has 0 saturated carbocycles. The van der Waals surface area contributed by atoms with Gasteiger partial charge in [-0.1, -0.05) is 34.5 Å². The van der Waals surface area contributed by atoms with Gasteiger partial charge in [-0.2, -0.15) is 0 Å². The molecule has 1 heterocycles. The number of nitrogens with zero attached hydrogens (tertiary/aromatic N) is 2. The molecule has 0 radical (unpaired) electrons. The summed E-state index contributed by atoms with van der Waals surface area (Å²) in [6, 6.07) is 3.91. The number of hydrogen-bond donors (Lipinski definition) is 0. The van der Waals surface area contributed by atoms with E-state index in [2.05, 4.69) is 32.7 Å². The summed E-state index contributed by atoms with van der Waals surface area (Å²) in [5, 5.41) is 0.674. The van der Waals surface area contributed by atoms with Crippen LogP contribution < -0.4 is 4.74 Å². The summed E-state index contributed by atoms with van der Waals surface area (Å²) in [4.78, 5) is 4.93. The number of hydrogen-bond acceptors (Lipinski definition) is 3. The first-order valence-electron chi connectivity index (χ1n) is 7.13. The van der Waals surface area contributed by atoms with E-state index in [-0.39, 0.29) is 12.4 Å². The Morgan fingerprint density at radius 2 is 1.81 bits per heavy atom. The van der Waals surface area contributed by atoms with Gasteiger partial charge in [0.15, 0.2) is 0 Å². The van der Waals surface area contributed by atoms with Crippen LogP contribution in [0.5, 0.6) is 5.75 Å². The minimum absolute atomic E-state index is 0. The van der Waals surface area contributed by atoms with Crippen LogP contribution in [0.3, 0.4) is 0 Å². The first-order chi connectivity index (χ1) is 9.60. The van der Waals surface area contributed by atoms with Gasteiger partial charge in [-0.15, -0.1) is 12.4 Å². The van der Waals surface area contributed by atoms with Crippen molar-refractivity contribution in [2.24, 2.45) is 0 Å². The Balaban J connectivity index is 0.00000220. The molecule has 1 aliphatic heterocycles. The van der Waals surface area contributed by atoms with Crippen molar-refractivity contribution in [3.05, 3.63) is 27.2 Å². The number of rotatable bonds is 5. The van der Waals surface area contributed by atoms with Gasteiger partial charge in [-0.05, 0) is 31.2 Å². The van der Waals surface area contributed by atoms with E-state index < -0.39 is 0 Å². The highest BCUT2D eigenvalue weighted by Crippen LogP contribution is 2.31. The summed E-state index contributed by atoms with van der Waals surface area (Å²) >= 11 is 9.66. The molecule has 1 aliphatic rings. The van der Waals surface area contributed by atoms with Crippen LogP contribution in [0.25, 0.3) is 0 Å². The number of piperazine rings is 1. The summed E-state index contributed by atoms with van der Waals surface area (Å²) in [6.07, 6.45) is 0. The van der Waals surface area contributed by atoms with E-state index >= 15 is 0 Å². The van der Waals surface area contributed by atoms with Crippen LogP contribution >= 0.6 is 39.9 Å². The van der Waals surface area contributed by atoms with E-state index in [1.54, 1.807) is 0 Å².